The maximum atomic E-state index is 13.2. The van der Waals surface area contributed by atoms with Gasteiger partial charge in [-0.3, -0.25) is 0 Å². The van der Waals surface area contributed by atoms with Gasteiger partial charge in [0.2, 0.25) is 0 Å². The first-order chi connectivity index (χ1) is 15.6. The summed E-state index contributed by atoms with van der Waals surface area (Å²) >= 11 is 0. The number of carbonyl (C=O) groups excluding carboxylic acids is 2. The lowest BCUT2D eigenvalue weighted by atomic mass is 9.95. The molecule has 1 saturated heterocycles. The van der Waals surface area contributed by atoms with Gasteiger partial charge in [0.15, 0.2) is 8.32 Å². The van der Waals surface area contributed by atoms with E-state index in [1.165, 1.54) is 0 Å². The summed E-state index contributed by atoms with van der Waals surface area (Å²) < 4.78 is 17.7. The molecule has 0 aliphatic carbocycles. The predicted molar refractivity (Wildman–Crippen MR) is 137 cm³/mol. The summed E-state index contributed by atoms with van der Waals surface area (Å²) in [6, 6.07) is 9.28. The van der Waals surface area contributed by atoms with Gasteiger partial charge in [0, 0.05) is 12.6 Å². The first-order valence-electron chi connectivity index (χ1n) is 12.2. The van der Waals surface area contributed by atoms with E-state index in [1.807, 2.05) is 58.0 Å². The first kappa shape index (κ1) is 28.2. The van der Waals surface area contributed by atoms with Gasteiger partial charge < -0.3 is 24.1 Å². The van der Waals surface area contributed by atoms with Crippen LogP contribution < -0.4 is 5.32 Å². The summed E-state index contributed by atoms with van der Waals surface area (Å²) in [4.78, 5) is 27.3. The minimum Gasteiger partial charge on any atom is -0.445 e. The smallest absolute Gasteiger partial charge is 0.410 e. The van der Waals surface area contributed by atoms with Gasteiger partial charge in [-0.25, -0.2) is 9.59 Å². The zero-order chi connectivity index (χ0) is 25.7. The summed E-state index contributed by atoms with van der Waals surface area (Å²) in [5.74, 6) is 0. The van der Waals surface area contributed by atoms with E-state index in [0.717, 1.165) is 12.0 Å². The number of hydrogen-bond donors (Lipinski definition) is 1. The summed E-state index contributed by atoms with van der Waals surface area (Å²) in [6.07, 6.45) is 0.427. The molecule has 2 amide bonds. The number of nitrogens with one attached hydrogen (secondary N) is 1. The van der Waals surface area contributed by atoms with E-state index in [-0.39, 0.29) is 29.8 Å². The summed E-state index contributed by atoms with van der Waals surface area (Å²) in [5, 5.41) is 2.99. The third-order valence-electron chi connectivity index (χ3n) is 6.62. The van der Waals surface area contributed by atoms with Gasteiger partial charge in [0.05, 0.1) is 12.1 Å². The molecule has 8 heteroatoms. The van der Waals surface area contributed by atoms with Crippen molar-refractivity contribution in [2.75, 3.05) is 6.54 Å². The van der Waals surface area contributed by atoms with Crippen molar-refractivity contribution in [2.24, 2.45) is 0 Å². The second-order valence-electron chi connectivity index (χ2n) is 11.8. The average molecular weight is 493 g/mol. The minimum atomic E-state index is -2.03. The summed E-state index contributed by atoms with van der Waals surface area (Å²) in [5.41, 5.74) is 0.347. The highest BCUT2D eigenvalue weighted by Gasteiger charge is 2.43. The number of benzene rings is 1. The van der Waals surface area contributed by atoms with Crippen molar-refractivity contribution in [3.63, 3.8) is 0 Å². The fourth-order valence-electron chi connectivity index (χ4n) is 3.80. The Kier molecular flexibility index (Phi) is 9.21. The molecule has 7 nitrogen and oxygen atoms in total. The molecule has 0 bridgehead atoms. The molecule has 1 aromatic carbocycles. The second kappa shape index (κ2) is 11.1. The molecular weight excluding hydrogens is 448 g/mol. The summed E-state index contributed by atoms with van der Waals surface area (Å²) in [7, 11) is -2.03. The lowest BCUT2D eigenvalue weighted by Gasteiger charge is -2.45. The molecule has 0 saturated carbocycles. The highest BCUT2D eigenvalue weighted by atomic mass is 28.4. The SMILES string of the molecule is CC(O[Si](C)(C)C(C)(C)C)[C@H]1CC[C@H](NC(=O)OC(C)(C)C)CN1C(=O)OCc1ccccc1. The zero-order valence-electron chi connectivity index (χ0n) is 22.4. The topological polar surface area (TPSA) is 77.1 Å². The number of likely N-dealkylation sites (tertiary alicyclic amines) is 1. The van der Waals surface area contributed by atoms with Crippen molar-refractivity contribution in [1.82, 2.24) is 10.2 Å². The fourth-order valence-corrected chi connectivity index (χ4v) is 5.24. The lowest BCUT2D eigenvalue weighted by Crippen LogP contribution is -2.59. The standard InChI is InChI=1S/C26H44N2O5Si/c1-19(33-34(8,9)26(5,6)7)22-16-15-21(27-23(29)32-25(2,3)4)17-28(22)24(30)31-18-20-13-11-10-12-14-20/h10-14,19,21-22H,15-18H2,1-9H3,(H,27,29)/t19?,21-,22+/m0/s1. The average Bonchev–Trinajstić information content (AvgIpc) is 2.70. The van der Waals surface area contributed by atoms with Gasteiger partial charge in [0.25, 0.3) is 0 Å². The van der Waals surface area contributed by atoms with Crippen LogP contribution in [0.5, 0.6) is 0 Å². The third kappa shape index (κ3) is 8.31. The largest absolute Gasteiger partial charge is 0.445 e. The number of rotatable bonds is 6. The Morgan fingerprint density at radius 2 is 1.71 bits per heavy atom. The van der Waals surface area contributed by atoms with Gasteiger partial charge in [-0.05, 0) is 64.2 Å². The number of alkyl carbamates (subject to hydrolysis) is 1. The molecule has 3 atom stereocenters. The number of ether oxygens (including phenoxy) is 2. The van der Waals surface area contributed by atoms with E-state index in [9.17, 15) is 9.59 Å². The maximum Gasteiger partial charge on any atom is 0.410 e. The van der Waals surface area contributed by atoms with Crippen molar-refractivity contribution >= 4 is 20.5 Å². The minimum absolute atomic E-state index is 0.0649. The van der Waals surface area contributed by atoms with E-state index in [4.69, 9.17) is 13.9 Å². The molecule has 1 unspecified atom stereocenters. The number of hydrogen-bond acceptors (Lipinski definition) is 5. The van der Waals surface area contributed by atoms with Gasteiger partial charge in [0.1, 0.15) is 12.2 Å². The molecule has 1 fully saturated rings. The van der Waals surface area contributed by atoms with Crippen LogP contribution in [0.25, 0.3) is 0 Å². The van der Waals surface area contributed by atoms with Crippen LogP contribution in [-0.2, 0) is 20.5 Å². The highest BCUT2D eigenvalue weighted by Crippen LogP contribution is 2.38. The Bertz CT molecular complexity index is 817. The lowest BCUT2D eigenvalue weighted by molar-refractivity contribution is 0.0128. The Labute approximate surface area is 206 Å². The number of carbonyl (C=O) groups is 2. The molecular formula is C26H44N2O5Si. The van der Waals surface area contributed by atoms with Gasteiger partial charge in [-0.15, -0.1) is 0 Å². The second-order valence-corrected chi connectivity index (χ2v) is 16.5. The number of nitrogens with zero attached hydrogens (tertiary/aromatic N) is 1. The Hall–Kier alpha value is -2.06. The zero-order valence-corrected chi connectivity index (χ0v) is 23.4. The molecule has 0 spiro atoms. The third-order valence-corrected chi connectivity index (χ3v) is 11.2. The van der Waals surface area contributed by atoms with E-state index >= 15 is 0 Å². The highest BCUT2D eigenvalue weighted by molar-refractivity contribution is 6.74. The fraction of sp³-hybridized carbons (Fsp3) is 0.692. The molecule has 34 heavy (non-hydrogen) atoms. The molecule has 1 aromatic rings. The van der Waals surface area contributed by atoms with Crippen molar-refractivity contribution < 1.29 is 23.5 Å². The van der Waals surface area contributed by atoms with E-state index in [0.29, 0.717) is 13.0 Å². The molecule has 0 radical (unpaired) electrons. The van der Waals surface area contributed by atoms with Crippen LogP contribution in [0, 0.1) is 0 Å². The van der Waals surface area contributed by atoms with Crippen molar-refractivity contribution in [1.29, 1.82) is 0 Å². The van der Waals surface area contributed by atoms with Crippen molar-refractivity contribution in [3.8, 4) is 0 Å². The number of piperidine rings is 1. The molecule has 0 aromatic heterocycles. The molecule has 2 rings (SSSR count). The van der Waals surface area contributed by atoms with E-state index in [2.05, 4.69) is 39.2 Å². The van der Waals surface area contributed by atoms with Crippen LogP contribution in [0.1, 0.15) is 66.9 Å². The Morgan fingerprint density at radius 3 is 2.26 bits per heavy atom. The predicted octanol–water partition coefficient (Wildman–Crippen LogP) is 6.09. The number of amides is 2. The van der Waals surface area contributed by atoms with Crippen LogP contribution in [-0.4, -0.2) is 55.7 Å². The molecule has 1 aliphatic rings. The van der Waals surface area contributed by atoms with Crippen LogP contribution in [0.2, 0.25) is 18.1 Å². The summed E-state index contributed by atoms with van der Waals surface area (Å²) in [6.45, 7) is 19.1. The normalized spacial score (nSPS) is 20.4. The van der Waals surface area contributed by atoms with Crippen LogP contribution >= 0.6 is 0 Å². The van der Waals surface area contributed by atoms with E-state index in [1.54, 1.807) is 4.90 Å². The molecule has 192 valence electrons. The maximum absolute atomic E-state index is 13.2. The van der Waals surface area contributed by atoms with Gasteiger partial charge in [-0.1, -0.05) is 51.1 Å². The monoisotopic (exact) mass is 492 g/mol. The van der Waals surface area contributed by atoms with Gasteiger partial charge >= 0.3 is 12.2 Å². The quantitative estimate of drug-likeness (QED) is 0.486. The van der Waals surface area contributed by atoms with Crippen LogP contribution in [0.3, 0.4) is 0 Å². The molecule has 1 N–H and O–H groups in total. The van der Waals surface area contributed by atoms with Crippen LogP contribution in [0.4, 0.5) is 9.59 Å². The Balaban J connectivity index is 2.14. The van der Waals surface area contributed by atoms with E-state index < -0.39 is 26.1 Å². The van der Waals surface area contributed by atoms with Crippen molar-refractivity contribution in [3.05, 3.63) is 35.9 Å². The van der Waals surface area contributed by atoms with Gasteiger partial charge in [-0.2, -0.15) is 0 Å². The van der Waals surface area contributed by atoms with Crippen LogP contribution in [0.15, 0.2) is 30.3 Å². The van der Waals surface area contributed by atoms with Crippen molar-refractivity contribution in [2.45, 2.75) is 110 Å². The Morgan fingerprint density at radius 1 is 1.09 bits per heavy atom. The molecule has 1 heterocycles. The first-order valence-corrected chi connectivity index (χ1v) is 15.1. The molecule has 1 aliphatic heterocycles.